The van der Waals surface area contributed by atoms with Crippen LogP contribution < -0.4 is 0 Å². The Bertz CT molecular complexity index is 450. The number of aliphatic hydroxyl groups is 1. The summed E-state index contributed by atoms with van der Waals surface area (Å²) in [5, 5.41) is 9.83. The van der Waals surface area contributed by atoms with Gasteiger partial charge in [0, 0.05) is 16.9 Å². The second-order valence-electron chi connectivity index (χ2n) is 3.45. The van der Waals surface area contributed by atoms with Crippen LogP contribution in [0.3, 0.4) is 0 Å². The summed E-state index contributed by atoms with van der Waals surface area (Å²) < 4.78 is 0. The van der Waals surface area contributed by atoms with Crippen molar-refractivity contribution >= 4 is 11.6 Å². The van der Waals surface area contributed by atoms with Gasteiger partial charge in [-0.1, -0.05) is 23.7 Å². The highest BCUT2D eigenvalue weighted by molar-refractivity contribution is 6.30. The molecule has 2 nitrogen and oxygen atoms in total. The minimum Gasteiger partial charge on any atom is -0.390 e. The number of halogens is 1. The van der Waals surface area contributed by atoms with E-state index >= 15 is 0 Å². The van der Waals surface area contributed by atoms with Gasteiger partial charge in [0.25, 0.3) is 0 Å². The molecule has 0 radical (unpaired) electrons. The van der Waals surface area contributed by atoms with Gasteiger partial charge in [-0.25, -0.2) is 0 Å². The number of hydrogen-bond donors (Lipinski definition) is 2. The van der Waals surface area contributed by atoms with Crippen LogP contribution in [0.1, 0.15) is 16.8 Å². The molecule has 0 amide bonds. The van der Waals surface area contributed by atoms with Crippen molar-refractivity contribution in [1.82, 2.24) is 4.98 Å². The third-order valence-corrected chi connectivity index (χ3v) is 2.61. The number of H-pyrrole nitrogens is 1. The van der Waals surface area contributed by atoms with Gasteiger partial charge >= 0.3 is 0 Å². The van der Waals surface area contributed by atoms with Crippen molar-refractivity contribution in [3.8, 4) is 0 Å². The van der Waals surface area contributed by atoms with E-state index in [1.807, 2.05) is 36.5 Å². The molecule has 0 fully saturated rings. The molecule has 1 aromatic heterocycles. The summed E-state index contributed by atoms with van der Waals surface area (Å²) in [4.78, 5) is 3.01. The van der Waals surface area contributed by atoms with Crippen molar-refractivity contribution in [1.29, 1.82) is 0 Å². The van der Waals surface area contributed by atoms with E-state index in [1.54, 1.807) is 0 Å². The lowest BCUT2D eigenvalue weighted by Crippen LogP contribution is -1.92. The number of aliphatic hydroxyl groups excluding tert-OH is 1. The fourth-order valence-electron chi connectivity index (χ4n) is 1.62. The Kier molecular flexibility index (Phi) is 3.09. The smallest absolute Gasteiger partial charge is 0.0833 e. The Morgan fingerprint density at radius 3 is 2.87 bits per heavy atom. The highest BCUT2D eigenvalue weighted by atomic mass is 35.5. The van der Waals surface area contributed by atoms with Crippen molar-refractivity contribution in [2.75, 3.05) is 0 Å². The van der Waals surface area contributed by atoms with E-state index in [-0.39, 0.29) is 6.61 Å². The second kappa shape index (κ2) is 4.51. The number of aromatic nitrogens is 1. The summed E-state index contributed by atoms with van der Waals surface area (Å²) in [6.45, 7) is 0.0445. The average molecular weight is 222 g/mol. The Balaban J connectivity index is 2.22. The van der Waals surface area contributed by atoms with Crippen LogP contribution in [0.5, 0.6) is 0 Å². The molecule has 0 unspecified atom stereocenters. The van der Waals surface area contributed by atoms with Crippen LogP contribution in [0.15, 0.2) is 36.5 Å². The molecule has 0 atom stereocenters. The lowest BCUT2D eigenvalue weighted by atomic mass is 10.1. The molecule has 0 saturated carbocycles. The minimum absolute atomic E-state index is 0.0445. The maximum atomic E-state index is 9.08. The van der Waals surface area contributed by atoms with Crippen LogP contribution in [0.4, 0.5) is 0 Å². The van der Waals surface area contributed by atoms with E-state index in [1.165, 1.54) is 0 Å². The summed E-state index contributed by atoms with van der Waals surface area (Å²) in [5.41, 5.74) is 3.13. The van der Waals surface area contributed by atoms with Crippen LogP contribution in [-0.4, -0.2) is 10.1 Å². The van der Waals surface area contributed by atoms with Crippen LogP contribution in [0.25, 0.3) is 0 Å². The summed E-state index contributed by atoms with van der Waals surface area (Å²) in [7, 11) is 0. The Morgan fingerprint density at radius 2 is 2.13 bits per heavy atom. The fourth-order valence-corrected chi connectivity index (χ4v) is 1.83. The first-order chi connectivity index (χ1) is 7.29. The summed E-state index contributed by atoms with van der Waals surface area (Å²) >= 11 is 5.90. The molecule has 15 heavy (non-hydrogen) atoms. The molecule has 2 N–H and O–H groups in total. The molecule has 2 aromatic rings. The number of nitrogens with one attached hydrogen (secondary N) is 1. The van der Waals surface area contributed by atoms with Gasteiger partial charge in [-0.15, -0.1) is 0 Å². The number of benzene rings is 1. The summed E-state index contributed by atoms with van der Waals surface area (Å²) in [6.07, 6.45) is 2.63. The van der Waals surface area contributed by atoms with E-state index in [2.05, 4.69) is 4.98 Å². The first kappa shape index (κ1) is 10.3. The predicted molar refractivity (Wildman–Crippen MR) is 61.0 cm³/mol. The predicted octanol–water partition coefficient (Wildman–Crippen LogP) is 2.75. The maximum absolute atomic E-state index is 9.08. The molecule has 3 heteroatoms. The molecule has 0 saturated heterocycles. The monoisotopic (exact) mass is 221 g/mol. The highest BCUT2D eigenvalue weighted by Gasteiger charge is 2.03. The minimum atomic E-state index is 0.0445. The molecule has 2 rings (SSSR count). The SMILES string of the molecule is OCc1[nH]ccc1Cc1cccc(Cl)c1. The fraction of sp³-hybridized carbons (Fsp3) is 0.167. The van der Waals surface area contributed by atoms with Crippen molar-refractivity contribution in [2.45, 2.75) is 13.0 Å². The molecular weight excluding hydrogens is 210 g/mol. The summed E-state index contributed by atoms with van der Waals surface area (Å²) in [5.74, 6) is 0. The third-order valence-electron chi connectivity index (χ3n) is 2.37. The largest absolute Gasteiger partial charge is 0.390 e. The molecule has 0 aliphatic carbocycles. The first-order valence-corrected chi connectivity index (χ1v) is 5.18. The molecule has 0 aliphatic heterocycles. The topological polar surface area (TPSA) is 36.0 Å². The number of aromatic amines is 1. The van der Waals surface area contributed by atoms with E-state index < -0.39 is 0 Å². The zero-order valence-corrected chi connectivity index (χ0v) is 8.96. The van der Waals surface area contributed by atoms with Crippen molar-refractivity contribution in [3.63, 3.8) is 0 Å². The van der Waals surface area contributed by atoms with Crippen LogP contribution in [-0.2, 0) is 13.0 Å². The van der Waals surface area contributed by atoms with Crippen LogP contribution in [0, 0.1) is 0 Å². The van der Waals surface area contributed by atoms with E-state index in [0.29, 0.717) is 0 Å². The molecule has 0 aliphatic rings. The van der Waals surface area contributed by atoms with Gasteiger partial charge in [0.15, 0.2) is 0 Å². The summed E-state index contributed by atoms with van der Waals surface area (Å²) in [6, 6.07) is 9.74. The maximum Gasteiger partial charge on any atom is 0.0833 e. The van der Waals surface area contributed by atoms with Crippen LogP contribution >= 0.6 is 11.6 Å². The second-order valence-corrected chi connectivity index (χ2v) is 3.88. The van der Waals surface area contributed by atoms with Gasteiger partial charge in [0.1, 0.15) is 0 Å². The van der Waals surface area contributed by atoms with Crippen molar-refractivity contribution in [2.24, 2.45) is 0 Å². The van der Waals surface area contributed by atoms with E-state index in [0.717, 1.165) is 28.3 Å². The van der Waals surface area contributed by atoms with Gasteiger partial charge in [-0.3, -0.25) is 0 Å². The molecule has 78 valence electrons. The highest BCUT2D eigenvalue weighted by Crippen LogP contribution is 2.16. The number of hydrogen-bond acceptors (Lipinski definition) is 1. The van der Waals surface area contributed by atoms with Gasteiger partial charge in [0.05, 0.1) is 6.61 Å². The van der Waals surface area contributed by atoms with Crippen LogP contribution in [0.2, 0.25) is 5.02 Å². The van der Waals surface area contributed by atoms with Gasteiger partial charge in [-0.2, -0.15) is 0 Å². The van der Waals surface area contributed by atoms with Crippen molar-refractivity contribution in [3.05, 3.63) is 58.4 Å². The zero-order valence-electron chi connectivity index (χ0n) is 8.20. The molecular formula is C12H12ClNO. The lowest BCUT2D eigenvalue weighted by molar-refractivity contribution is 0.276. The molecule has 0 bridgehead atoms. The van der Waals surface area contributed by atoms with Gasteiger partial charge in [0.2, 0.25) is 0 Å². The Labute approximate surface area is 93.5 Å². The number of rotatable bonds is 3. The zero-order chi connectivity index (χ0) is 10.7. The Hall–Kier alpha value is -1.25. The van der Waals surface area contributed by atoms with Gasteiger partial charge < -0.3 is 10.1 Å². The lowest BCUT2D eigenvalue weighted by Gasteiger charge is -2.02. The standard InChI is InChI=1S/C12H12ClNO/c13-11-3-1-2-9(7-11)6-10-4-5-14-12(10)8-15/h1-5,7,14-15H,6,8H2. The molecule has 0 spiro atoms. The van der Waals surface area contributed by atoms with E-state index in [4.69, 9.17) is 16.7 Å². The van der Waals surface area contributed by atoms with Gasteiger partial charge in [-0.05, 0) is 35.7 Å². The van der Waals surface area contributed by atoms with Crippen molar-refractivity contribution < 1.29 is 5.11 Å². The molecule has 1 aromatic carbocycles. The Morgan fingerprint density at radius 1 is 1.27 bits per heavy atom. The third kappa shape index (κ3) is 2.41. The normalized spacial score (nSPS) is 10.5. The molecule has 1 heterocycles. The van der Waals surface area contributed by atoms with E-state index in [9.17, 15) is 0 Å². The quantitative estimate of drug-likeness (QED) is 0.822. The first-order valence-electron chi connectivity index (χ1n) is 4.80. The average Bonchev–Trinajstić information content (AvgIpc) is 2.65.